The Balaban J connectivity index is 1.98. The molecule has 1 aliphatic rings. The van der Waals surface area contributed by atoms with Crippen LogP contribution in [0.1, 0.15) is 49.6 Å². The molecule has 4 rings (SSSR count). The highest BCUT2D eigenvalue weighted by atomic mass is 15.0. The molecule has 0 aliphatic carbocycles. The summed E-state index contributed by atoms with van der Waals surface area (Å²) in [5, 5.41) is 0. The summed E-state index contributed by atoms with van der Waals surface area (Å²) < 4.78 is 2.50. The van der Waals surface area contributed by atoms with E-state index in [0.717, 1.165) is 19.4 Å². The highest BCUT2D eigenvalue weighted by Crippen LogP contribution is 2.41. The van der Waals surface area contributed by atoms with Gasteiger partial charge in [-0.2, -0.15) is 4.57 Å². The van der Waals surface area contributed by atoms with Crippen molar-refractivity contribution in [1.29, 1.82) is 0 Å². The molecule has 138 valence electrons. The third kappa shape index (κ3) is 2.90. The second-order valence-corrected chi connectivity index (χ2v) is 8.30. The van der Waals surface area contributed by atoms with Gasteiger partial charge in [-0.15, -0.1) is 0 Å². The van der Waals surface area contributed by atoms with Gasteiger partial charge < -0.3 is 0 Å². The van der Waals surface area contributed by atoms with E-state index in [1.54, 1.807) is 0 Å². The lowest BCUT2D eigenvalue weighted by Crippen LogP contribution is -2.40. The summed E-state index contributed by atoms with van der Waals surface area (Å²) in [5.41, 5.74) is 11.2. The lowest BCUT2D eigenvalue weighted by Gasteiger charge is -2.27. The fourth-order valence-electron chi connectivity index (χ4n) is 4.54. The van der Waals surface area contributed by atoms with Crippen LogP contribution < -0.4 is 4.57 Å². The van der Waals surface area contributed by atoms with E-state index >= 15 is 0 Å². The molecule has 0 amide bonds. The normalized spacial score (nSPS) is 18.1. The van der Waals surface area contributed by atoms with Crippen molar-refractivity contribution in [3.8, 4) is 22.4 Å². The third-order valence-corrected chi connectivity index (χ3v) is 6.63. The summed E-state index contributed by atoms with van der Waals surface area (Å²) in [5.74, 6) is 0. The van der Waals surface area contributed by atoms with Crippen LogP contribution in [0.4, 0.5) is 0 Å². The topological polar surface area (TPSA) is 3.88 Å². The Labute approximate surface area is 163 Å². The van der Waals surface area contributed by atoms with Crippen LogP contribution >= 0.6 is 0 Å². The first-order chi connectivity index (χ1) is 13.0. The molecule has 2 aromatic carbocycles. The minimum atomic E-state index is 0.171. The van der Waals surface area contributed by atoms with Crippen molar-refractivity contribution in [3.05, 3.63) is 77.0 Å². The van der Waals surface area contributed by atoms with Gasteiger partial charge in [-0.3, -0.25) is 0 Å². The Morgan fingerprint density at radius 2 is 1.63 bits per heavy atom. The number of hydrogen-bond donors (Lipinski definition) is 0. The van der Waals surface area contributed by atoms with Gasteiger partial charge in [0.25, 0.3) is 0 Å². The van der Waals surface area contributed by atoms with Gasteiger partial charge in [0.1, 0.15) is 6.54 Å². The molecule has 2 bridgehead atoms. The maximum Gasteiger partial charge on any atom is 0.212 e. The van der Waals surface area contributed by atoms with Gasteiger partial charge in [-0.05, 0) is 67.1 Å². The van der Waals surface area contributed by atoms with Crippen molar-refractivity contribution >= 4 is 0 Å². The molecule has 27 heavy (non-hydrogen) atoms. The summed E-state index contributed by atoms with van der Waals surface area (Å²) in [7, 11) is 0. The number of nitrogens with zero attached hydrogens (tertiary/aromatic N) is 1. The van der Waals surface area contributed by atoms with Gasteiger partial charge in [0.05, 0.1) is 5.56 Å². The molecule has 3 aromatic rings. The molecule has 2 heterocycles. The first-order valence-electron chi connectivity index (χ1n) is 10.2. The van der Waals surface area contributed by atoms with Crippen LogP contribution in [0, 0.1) is 13.8 Å². The zero-order chi connectivity index (χ0) is 19.2. The standard InChI is InChI=1S/C26H30N/c1-6-26(5)17-22-9-8-10-25(27(22)7-2)23-16-21(13-14-24(23)26)20-12-11-18(3)19(4)15-20/h8-16H,6-7,17H2,1-5H3/q+1. The van der Waals surface area contributed by atoms with E-state index in [1.807, 2.05) is 0 Å². The van der Waals surface area contributed by atoms with Crippen molar-refractivity contribution < 1.29 is 4.57 Å². The summed E-state index contributed by atoms with van der Waals surface area (Å²) in [6, 6.07) is 20.8. The predicted octanol–water partition coefficient (Wildman–Crippen LogP) is 6.17. The summed E-state index contributed by atoms with van der Waals surface area (Å²) in [6.45, 7) is 12.4. The smallest absolute Gasteiger partial charge is 0.196 e. The minimum Gasteiger partial charge on any atom is -0.196 e. The Bertz CT molecular complexity index is 1010. The van der Waals surface area contributed by atoms with Crippen molar-refractivity contribution in [1.82, 2.24) is 0 Å². The van der Waals surface area contributed by atoms with Crippen molar-refractivity contribution in [2.24, 2.45) is 0 Å². The van der Waals surface area contributed by atoms with Gasteiger partial charge in [-0.25, -0.2) is 0 Å². The van der Waals surface area contributed by atoms with Crippen molar-refractivity contribution in [2.45, 2.75) is 59.4 Å². The Kier molecular flexibility index (Phi) is 4.42. The first kappa shape index (κ1) is 18.0. The quantitative estimate of drug-likeness (QED) is 0.494. The average Bonchev–Trinajstić information content (AvgIpc) is 2.73. The number of rotatable bonds is 3. The van der Waals surface area contributed by atoms with Crippen LogP contribution in [-0.4, -0.2) is 0 Å². The zero-order valence-corrected chi connectivity index (χ0v) is 17.3. The molecule has 0 saturated carbocycles. The van der Waals surface area contributed by atoms with Crippen molar-refractivity contribution in [2.75, 3.05) is 0 Å². The van der Waals surface area contributed by atoms with Crippen LogP contribution in [0.25, 0.3) is 22.4 Å². The average molecular weight is 357 g/mol. The molecule has 0 saturated heterocycles. The SMILES string of the molecule is CC[n+]1c2cccc1-c1cc(-c3ccc(C)c(C)c3)ccc1C(C)(CC)C2. The molecule has 1 heteroatoms. The first-order valence-corrected chi connectivity index (χ1v) is 10.2. The van der Waals surface area contributed by atoms with E-state index in [1.165, 1.54) is 44.8 Å². The molecule has 0 N–H and O–H groups in total. The molecular formula is C26H30N+. The molecule has 1 aliphatic heterocycles. The van der Waals surface area contributed by atoms with E-state index in [4.69, 9.17) is 0 Å². The summed E-state index contributed by atoms with van der Waals surface area (Å²) in [4.78, 5) is 0. The molecule has 0 radical (unpaired) electrons. The van der Waals surface area contributed by atoms with Gasteiger partial charge in [0.15, 0.2) is 5.69 Å². The van der Waals surface area contributed by atoms with Crippen LogP contribution in [0.5, 0.6) is 0 Å². The Morgan fingerprint density at radius 1 is 0.889 bits per heavy atom. The van der Waals surface area contributed by atoms with E-state index in [0.29, 0.717) is 0 Å². The predicted molar refractivity (Wildman–Crippen MR) is 114 cm³/mol. The number of aryl methyl sites for hydroxylation is 2. The van der Waals surface area contributed by atoms with Crippen LogP contribution in [0.15, 0.2) is 54.6 Å². The maximum atomic E-state index is 2.50. The molecular weight excluding hydrogens is 326 g/mol. The molecule has 1 unspecified atom stereocenters. The van der Waals surface area contributed by atoms with E-state index in [-0.39, 0.29) is 5.41 Å². The van der Waals surface area contributed by atoms with E-state index in [9.17, 15) is 0 Å². The second kappa shape index (κ2) is 6.64. The highest BCUT2D eigenvalue weighted by Gasteiger charge is 2.36. The van der Waals surface area contributed by atoms with Gasteiger partial charge in [0.2, 0.25) is 5.69 Å². The zero-order valence-electron chi connectivity index (χ0n) is 17.3. The van der Waals surface area contributed by atoms with Crippen LogP contribution in [0.2, 0.25) is 0 Å². The number of benzene rings is 2. The van der Waals surface area contributed by atoms with Gasteiger partial charge in [-0.1, -0.05) is 44.2 Å². The summed E-state index contributed by atoms with van der Waals surface area (Å²) >= 11 is 0. The third-order valence-electron chi connectivity index (χ3n) is 6.63. The van der Waals surface area contributed by atoms with E-state index < -0.39 is 0 Å². The number of hydrogen-bond acceptors (Lipinski definition) is 0. The highest BCUT2D eigenvalue weighted by molar-refractivity contribution is 5.75. The van der Waals surface area contributed by atoms with Crippen LogP contribution in [0.3, 0.4) is 0 Å². The van der Waals surface area contributed by atoms with Gasteiger partial charge in [0, 0.05) is 24.0 Å². The summed E-state index contributed by atoms with van der Waals surface area (Å²) in [6.07, 6.45) is 2.24. The molecule has 0 fully saturated rings. The lowest BCUT2D eigenvalue weighted by molar-refractivity contribution is -0.690. The molecule has 0 spiro atoms. The van der Waals surface area contributed by atoms with Crippen LogP contribution in [-0.2, 0) is 18.4 Å². The minimum absolute atomic E-state index is 0.171. The Hall–Kier alpha value is -2.41. The Morgan fingerprint density at radius 3 is 2.33 bits per heavy atom. The fraction of sp³-hybridized carbons (Fsp3) is 0.346. The monoisotopic (exact) mass is 356 g/mol. The molecule has 1 nitrogen and oxygen atoms in total. The van der Waals surface area contributed by atoms with Gasteiger partial charge >= 0.3 is 0 Å². The van der Waals surface area contributed by atoms with E-state index in [2.05, 4.69) is 93.8 Å². The molecule has 1 aromatic heterocycles. The number of fused-ring (bicyclic) bond motifs is 4. The largest absolute Gasteiger partial charge is 0.212 e. The van der Waals surface area contributed by atoms with Crippen molar-refractivity contribution in [3.63, 3.8) is 0 Å². The number of pyridine rings is 1. The number of aromatic nitrogens is 1. The fourth-order valence-corrected chi connectivity index (χ4v) is 4.54. The lowest BCUT2D eigenvalue weighted by atomic mass is 9.74. The maximum absolute atomic E-state index is 2.50. The second-order valence-electron chi connectivity index (χ2n) is 8.30. The molecule has 1 atom stereocenters.